The Hall–Kier alpha value is -0.950. The second-order valence-electron chi connectivity index (χ2n) is 15.1. The van der Waals surface area contributed by atoms with Crippen molar-refractivity contribution in [1.29, 1.82) is 0 Å². The van der Waals surface area contributed by atoms with E-state index in [0.29, 0.717) is 12.8 Å². The Morgan fingerprint density at radius 3 is 1.10 bits per heavy atom. The number of rotatable bonds is 39. The van der Waals surface area contributed by atoms with Gasteiger partial charge in [0.05, 0.1) is 24.9 Å². The average molecular weight is 696 g/mol. The molecule has 0 radical (unpaired) electrons. The second-order valence-corrected chi connectivity index (χ2v) is 15.1. The summed E-state index contributed by atoms with van der Waals surface area (Å²) in [4.78, 5) is 12.5. The number of unbranched alkanes of at least 4 members (excludes halogenated alkanes) is 29. The molecule has 0 bridgehead atoms. The van der Waals surface area contributed by atoms with Gasteiger partial charge in [-0.15, -0.1) is 0 Å². The van der Waals surface area contributed by atoms with Crippen molar-refractivity contribution >= 4 is 5.91 Å². The third-order valence-corrected chi connectivity index (χ3v) is 10.2. The van der Waals surface area contributed by atoms with Crippen LogP contribution in [0.1, 0.15) is 226 Å². The first-order chi connectivity index (χ1) is 24.0. The predicted molar refractivity (Wildman–Crippen MR) is 210 cm³/mol. The minimum absolute atomic E-state index is 0.381. The quantitative estimate of drug-likeness (QED) is 0.0325. The molecular formula is C43H85NO5. The van der Waals surface area contributed by atoms with Gasteiger partial charge in [0, 0.05) is 0 Å². The van der Waals surface area contributed by atoms with Crippen molar-refractivity contribution in [2.75, 3.05) is 6.61 Å². The van der Waals surface area contributed by atoms with Gasteiger partial charge in [-0.2, -0.15) is 0 Å². The van der Waals surface area contributed by atoms with Gasteiger partial charge in [-0.05, 0) is 12.8 Å². The van der Waals surface area contributed by atoms with Crippen LogP contribution in [0, 0.1) is 0 Å². The standard InChI is InChI=1S/C43H85NO5/c1-3-5-7-9-11-13-15-16-17-18-19-20-21-22-23-24-25-27-29-31-33-35-42(48)43(49)44-40(38-45)41(47)37-36-39(46)34-32-30-28-26-14-12-10-8-6-4-2/h36-37,39-42,45-48H,3-35,38H2,1-2H3,(H,44,49)/b37-36+/t39?,40-,41+,42?/m0/s1. The van der Waals surface area contributed by atoms with Gasteiger partial charge in [-0.1, -0.05) is 225 Å². The predicted octanol–water partition coefficient (Wildman–Crippen LogP) is 11.0. The molecule has 1 amide bonds. The van der Waals surface area contributed by atoms with Gasteiger partial charge in [0.2, 0.25) is 5.91 Å². The molecule has 6 nitrogen and oxygen atoms in total. The summed E-state index contributed by atoms with van der Waals surface area (Å²) in [5, 5.41) is 43.3. The monoisotopic (exact) mass is 696 g/mol. The fourth-order valence-corrected chi connectivity index (χ4v) is 6.73. The van der Waals surface area contributed by atoms with Crippen LogP contribution in [-0.4, -0.2) is 57.3 Å². The van der Waals surface area contributed by atoms with Gasteiger partial charge in [-0.25, -0.2) is 0 Å². The van der Waals surface area contributed by atoms with Gasteiger partial charge in [0.15, 0.2) is 0 Å². The summed E-state index contributed by atoms with van der Waals surface area (Å²) in [5.74, 6) is -0.564. The molecule has 6 heteroatoms. The van der Waals surface area contributed by atoms with Crippen molar-refractivity contribution in [3.05, 3.63) is 12.2 Å². The Bertz CT molecular complexity index is 702. The zero-order valence-corrected chi connectivity index (χ0v) is 32.7. The van der Waals surface area contributed by atoms with E-state index in [0.717, 1.165) is 32.1 Å². The van der Waals surface area contributed by atoms with Crippen LogP contribution < -0.4 is 5.32 Å². The Labute approximate surface area is 304 Å². The fourth-order valence-electron chi connectivity index (χ4n) is 6.73. The van der Waals surface area contributed by atoms with Crippen LogP contribution in [0.15, 0.2) is 12.2 Å². The molecular weight excluding hydrogens is 610 g/mol. The van der Waals surface area contributed by atoms with Crippen molar-refractivity contribution in [3.8, 4) is 0 Å². The summed E-state index contributed by atoms with van der Waals surface area (Å²) < 4.78 is 0. The van der Waals surface area contributed by atoms with Gasteiger partial charge in [0.1, 0.15) is 6.10 Å². The number of carbonyl (C=O) groups excluding carboxylic acids is 1. The first-order valence-corrected chi connectivity index (χ1v) is 21.6. The topological polar surface area (TPSA) is 110 Å². The molecule has 0 aliphatic heterocycles. The second kappa shape index (κ2) is 38.3. The fraction of sp³-hybridized carbons (Fsp3) is 0.930. The molecule has 4 atom stereocenters. The first-order valence-electron chi connectivity index (χ1n) is 21.6. The van der Waals surface area contributed by atoms with E-state index in [1.165, 1.54) is 173 Å². The van der Waals surface area contributed by atoms with Gasteiger partial charge in [0.25, 0.3) is 0 Å². The highest BCUT2D eigenvalue weighted by Crippen LogP contribution is 2.16. The van der Waals surface area contributed by atoms with E-state index < -0.39 is 36.9 Å². The number of carbonyl (C=O) groups is 1. The van der Waals surface area contributed by atoms with Crippen molar-refractivity contribution < 1.29 is 25.2 Å². The third-order valence-electron chi connectivity index (χ3n) is 10.2. The summed E-state index contributed by atoms with van der Waals surface area (Å²) >= 11 is 0. The summed E-state index contributed by atoms with van der Waals surface area (Å²) in [7, 11) is 0. The molecule has 0 aromatic rings. The van der Waals surface area contributed by atoms with E-state index in [1.54, 1.807) is 6.08 Å². The van der Waals surface area contributed by atoms with Crippen LogP contribution in [0.5, 0.6) is 0 Å². The van der Waals surface area contributed by atoms with Crippen molar-refractivity contribution in [1.82, 2.24) is 5.32 Å². The molecule has 0 rings (SSSR count). The summed E-state index contributed by atoms with van der Waals surface area (Å²) in [6.07, 6.45) is 41.2. The molecule has 292 valence electrons. The molecule has 0 aliphatic rings. The number of amides is 1. The van der Waals surface area contributed by atoms with E-state index in [9.17, 15) is 25.2 Å². The maximum absolute atomic E-state index is 12.5. The highest BCUT2D eigenvalue weighted by molar-refractivity contribution is 5.80. The van der Waals surface area contributed by atoms with Crippen LogP contribution in [0.4, 0.5) is 0 Å². The SMILES string of the molecule is CCCCCCCCCCCCCCCCCCCCCCCC(O)C(=O)N[C@@H](CO)[C@H](O)/C=C/C(O)CCCCCCCCCCCC. The van der Waals surface area contributed by atoms with Crippen molar-refractivity contribution in [2.45, 2.75) is 250 Å². The van der Waals surface area contributed by atoms with E-state index >= 15 is 0 Å². The minimum Gasteiger partial charge on any atom is -0.394 e. The molecule has 0 heterocycles. The van der Waals surface area contributed by atoms with E-state index in [2.05, 4.69) is 19.2 Å². The molecule has 0 aromatic heterocycles. The maximum atomic E-state index is 12.5. The average Bonchev–Trinajstić information content (AvgIpc) is 3.10. The minimum atomic E-state index is -1.15. The normalized spacial score (nSPS) is 14.3. The Morgan fingerprint density at radius 1 is 0.469 bits per heavy atom. The Kier molecular flexibility index (Phi) is 37.5. The van der Waals surface area contributed by atoms with Crippen LogP contribution in [0.3, 0.4) is 0 Å². The van der Waals surface area contributed by atoms with Crippen LogP contribution in [-0.2, 0) is 4.79 Å². The number of nitrogens with one attached hydrogen (secondary N) is 1. The van der Waals surface area contributed by atoms with E-state index in [1.807, 2.05) is 0 Å². The van der Waals surface area contributed by atoms with Gasteiger partial charge >= 0.3 is 0 Å². The molecule has 0 fully saturated rings. The Morgan fingerprint density at radius 2 is 0.776 bits per heavy atom. The molecule has 0 saturated heterocycles. The van der Waals surface area contributed by atoms with Crippen LogP contribution in [0.25, 0.3) is 0 Å². The molecule has 5 N–H and O–H groups in total. The largest absolute Gasteiger partial charge is 0.394 e. The summed E-state index contributed by atoms with van der Waals surface area (Å²) in [6, 6.07) is -0.914. The molecule has 0 spiro atoms. The molecule has 49 heavy (non-hydrogen) atoms. The first kappa shape index (κ1) is 48.0. The van der Waals surface area contributed by atoms with Crippen LogP contribution in [0.2, 0.25) is 0 Å². The lowest BCUT2D eigenvalue weighted by atomic mass is 10.0. The lowest BCUT2D eigenvalue weighted by Crippen LogP contribution is -2.48. The van der Waals surface area contributed by atoms with E-state index in [4.69, 9.17) is 0 Å². The lowest BCUT2D eigenvalue weighted by molar-refractivity contribution is -0.131. The molecule has 2 unspecified atom stereocenters. The summed E-state index contributed by atoms with van der Waals surface area (Å²) in [5.41, 5.74) is 0. The zero-order chi connectivity index (χ0) is 36.0. The zero-order valence-electron chi connectivity index (χ0n) is 32.7. The molecule has 0 aliphatic carbocycles. The van der Waals surface area contributed by atoms with Gasteiger partial charge < -0.3 is 25.7 Å². The third kappa shape index (κ3) is 33.9. The van der Waals surface area contributed by atoms with Gasteiger partial charge in [-0.3, -0.25) is 4.79 Å². The highest BCUT2D eigenvalue weighted by atomic mass is 16.3. The smallest absolute Gasteiger partial charge is 0.249 e. The number of hydrogen-bond donors (Lipinski definition) is 5. The van der Waals surface area contributed by atoms with Crippen LogP contribution >= 0.6 is 0 Å². The number of hydrogen-bond acceptors (Lipinski definition) is 5. The lowest BCUT2D eigenvalue weighted by Gasteiger charge is -2.22. The summed E-state index contributed by atoms with van der Waals surface area (Å²) in [6.45, 7) is 4.08. The molecule has 0 aromatic carbocycles. The maximum Gasteiger partial charge on any atom is 0.249 e. The van der Waals surface area contributed by atoms with E-state index in [-0.39, 0.29) is 0 Å². The number of aliphatic hydroxyl groups is 4. The number of aliphatic hydroxyl groups excluding tert-OH is 4. The highest BCUT2D eigenvalue weighted by Gasteiger charge is 2.22. The molecule has 0 saturated carbocycles. The Balaban J connectivity index is 3.71. The van der Waals surface area contributed by atoms with Crippen molar-refractivity contribution in [2.24, 2.45) is 0 Å². The van der Waals surface area contributed by atoms with Crippen molar-refractivity contribution in [3.63, 3.8) is 0 Å².